The molecule has 5 nitrogen and oxygen atoms in total. The molecule has 0 saturated carbocycles. The largest absolute Gasteiger partial charge is 0.381 e. The number of hydrogen-bond donors (Lipinski definition) is 1. The molecule has 1 atom stereocenters. The lowest BCUT2D eigenvalue weighted by Gasteiger charge is -2.10. The molecule has 6 heteroatoms. The van der Waals surface area contributed by atoms with Crippen molar-refractivity contribution < 1.29 is 9.53 Å². The van der Waals surface area contributed by atoms with Gasteiger partial charge in [0.05, 0.1) is 12.3 Å². The Balaban J connectivity index is 1.57. The van der Waals surface area contributed by atoms with Crippen LogP contribution < -0.4 is 5.32 Å². The number of aryl methyl sites for hydroxylation is 2. The number of thiophene rings is 1. The Morgan fingerprint density at radius 1 is 1.30 bits per heavy atom. The Morgan fingerprint density at radius 2 is 2.11 bits per heavy atom. The first-order chi connectivity index (χ1) is 13.2. The Kier molecular flexibility index (Phi) is 5.18. The third-order valence-corrected chi connectivity index (χ3v) is 6.19. The van der Waals surface area contributed by atoms with Gasteiger partial charge in [0.1, 0.15) is 11.2 Å². The number of benzene rings is 1. The number of fused-ring (bicyclic) bond motifs is 1. The topological polar surface area (TPSA) is 64.1 Å². The van der Waals surface area contributed by atoms with E-state index in [2.05, 4.69) is 29.1 Å². The van der Waals surface area contributed by atoms with E-state index >= 15 is 0 Å². The second-order valence-electron chi connectivity index (χ2n) is 6.91. The van der Waals surface area contributed by atoms with E-state index in [1.165, 1.54) is 10.4 Å². The average Bonchev–Trinajstić information content (AvgIpc) is 3.32. The average molecular weight is 382 g/mol. The van der Waals surface area contributed by atoms with Crippen molar-refractivity contribution in [2.75, 3.05) is 19.8 Å². The Hall–Kier alpha value is -2.31. The molecule has 2 aromatic heterocycles. The molecule has 140 valence electrons. The van der Waals surface area contributed by atoms with Crippen molar-refractivity contribution in [1.82, 2.24) is 15.3 Å². The summed E-state index contributed by atoms with van der Waals surface area (Å²) >= 11 is 1.71. The second kappa shape index (κ2) is 7.74. The highest BCUT2D eigenvalue weighted by atomic mass is 32.1. The zero-order valence-corrected chi connectivity index (χ0v) is 16.4. The van der Waals surface area contributed by atoms with Crippen LogP contribution in [-0.4, -0.2) is 35.6 Å². The minimum absolute atomic E-state index is 0.0399. The van der Waals surface area contributed by atoms with Gasteiger partial charge in [0.25, 0.3) is 5.91 Å². The summed E-state index contributed by atoms with van der Waals surface area (Å²) in [5.74, 6) is 0.388. The molecule has 0 bridgehead atoms. The van der Waals surface area contributed by atoms with Gasteiger partial charge in [-0.1, -0.05) is 19.1 Å². The van der Waals surface area contributed by atoms with Crippen molar-refractivity contribution in [3.63, 3.8) is 0 Å². The molecule has 0 unspecified atom stereocenters. The van der Waals surface area contributed by atoms with E-state index in [0.29, 0.717) is 18.0 Å². The summed E-state index contributed by atoms with van der Waals surface area (Å²) in [5.41, 5.74) is 3.93. The smallest absolute Gasteiger partial charge is 0.251 e. The summed E-state index contributed by atoms with van der Waals surface area (Å²) in [6.45, 7) is 6.50. The van der Waals surface area contributed by atoms with Crippen molar-refractivity contribution in [3.8, 4) is 11.3 Å². The molecule has 3 aromatic rings. The van der Waals surface area contributed by atoms with Crippen LogP contribution in [0.3, 0.4) is 0 Å². The number of hydrogen-bond acceptors (Lipinski definition) is 5. The predicted molar refractivity (Wildman–Crippen MR) is 108 cm³/mol. The fourth-order valence-electron chi connectivity index (χ4n) is 3.61. The molecule has 1 saturated heterocycles. The molecule has 0 aliphatic carbocycles. The number of ether oxygens (including phenoxy) is 1. The first kappa shape index (κ1) is 18.1. The number of carbonyl (C=O) groups is 1. The summed E-state index contributed by atoms with van der Waals surface area (Å²) in [4.78, 5) is 23.7. The molecular weight excluding hydrogens is 358 g/mol. The summed E-state index contributed by atoms with van der Waals surface area (Å²) in [7, 11) is 0. The third kappa shape index (κ3) is 3.59. The first-order valence-corrected chi connectivity index (χ1v) is 10.2. The minimum Gasteiger partial charge on any atom is -0.381 e. The molecular formula is C21H23N3O2S. The van der Waals surface area contributed by atoms with Gasteiger partial charge in [0, 0.05) is 40.5 Å². The van der Waals surface area contributed by atoms with Gasteiger partial charge >= 0.3 is 0 Å². The maximum absolute atomic E-state index is 12.4. The van der Waals surface area contributed by atoms with Crippen molar-refractivity contribution in [3.05, 3.63) is 46.6 Å². The van der Waals surface area contributed by atoms with E-state index < -0.39 is 0 Å². The summed E-state index contributed by atoms with van der Waals surface area (Å²) in [6.07, 6.45) is 3.59. The molecule has 0 radical (unpaired) electrons. The normalized spacial score (nSPS) is 16.7. The number of nitrogens with zero attached hydrogens (tertiary/aromatic N) is 2. The number of amides is 1. The SMILES string of the molecule is CCc1c(C)sc2ncnc(-c3ccc(C(=O)NC[C@H]4CCOC4)cc3)c12. The molecule has 0 spiro atoms. The van der Waals surface area contributed by atoms with E-state index in [9.17, 15) is 4.79 Å². The molecule has 1 aliphatic rings. The van der Waals surface area contributed by atoms with Crippen LogP contribution >= 0.6 is 11.3 Å². The van der Waals surface area contributed by atoms with Crippen LogP contribution in [0.15, 0.2) is 30.6 Å². The van der Waals surface area contributed by atoms with Gasteiger partial charge in [-0.3, -0.25) is 4.79 Å². The molecule has 1 aromatic carbocycles. The second-order valence-corrected chi connectivity index (χ2v) is 8.11. The van der Waals surface area contributed by atoms with E-state index in [0.717, 1.165) is 47.5 Å². The quantitative estimate of drug-likeness (QED) is 0.726. The molecule has 1 N–H and O–H groups in total. The summed E-state index contributed by atoms with van der Waals surface area (Å²) in [5, 5.41) is 4.15. The highest BCUT2D eigenvalue weighted by Gasteiger charge is 2.18. The molecule has 3 heterocycles. The van der Waals surface area contributed by atoms with Crippen molar-refractivity contribution >= 4 is 27.5 Å². The lowest BCUT2D eigenvalue weighted by atomic mass is 10.0. The monoisotopic (exact) mass is 381 g/mol. The summed E-state index contributed by atoms with van der Waals surface area (Å²) in [6, 6.07) is 7.69. The van der Waals surface area contributed by atoms with Gasteiger partial charge in [-0.2, -0.15) is 0 Å². The number of nitrogens with one attached hydrogen (secondary N) is 1. The van der Waals surface area contributed by atoms with Crippen LogP contribution in [0.2, 0.25) is 0 Å². The van der Waals surface area contributed by atoms with Crippen molar-refractivity contribution in [2.45, 2.75) is 26.7 Å². The lowest BCUT2D eigenvalue weighted by Crippen LogP contribution is -2.29. The van der Waals surface area contributed by atoms with Gasteiger partial charge in [0.15, 0.2) is 0 Å². The van der Waals surface area contributed by atoms with Gasteiger partial charge in [-0.25, -0.2) is 9.97 Å². The zero-order chi connectivity index (χ0) is 18.8. The Labute approximate surface area is 162 Å². The van der Waals surface area contributed by atoms with E-state index in [1.807, 2.05) is 24.3 Å². The highest BCUT2D eigenvalue weighted by molar-refractivity contribution is 7.18. The predicted octanol–water partition coefficient (Wildman–Crippen LogP) is 4.00. The molecule has 4 rings (SSSR count). The van der Waals surface area contributed by atoms with Crippen LogP contribution in [0, 0.1) is 12.8 Å². The minimum atomic E-state index is -0.0399. The van der Waals surface area contributed by atoms with E-state index in [4.69, 9.17) is 4.74 Å². The number of carbonyl (C=O) groups excluding carboxylic acids is 1. The fraction of sp³-hybridized carbons (Fsp3) is 0.381. The van der Waals surface area contributed by atoms with Gasteiger partial charge in [-0.15, -0.1) is 11.3 Å². The molecule has 1 fully saturated rings. The first-order valence-electron chi connectivity index (χ1n) is 9.36. The van der Waals surface area contributed by atoms with Crippen LogP contribution in [0.5, 0.6) is 0 Å². The Morgan fingerprint density at radius 3 is 2.81 bits per heavy atom. The van der Waals surface area contributed by atoms with Crippen LogP contribution in [0.4, 0.5) is 0 Å². The molecule has 27 heavy (non-hydrogen) atoms. The zero-order valence-electron chi connectivity index (χ0n) is 15.6. The maximum atomic E-state index is 12.4. The van der Waals surface area contributed by atoms with Crippen molar-refractivity contribution in [2.24, 2.45) is 5.92 Å². The van der Waals surface area contributed by atoms with E-state index in [1.54, 1.807) is 17.7 Å². The fourth-order valence-corrected chi connectivity index (χ4v) is 4.69. The van der Waals surface area contributed by atoms with E-state index in [-0.39, 0.29) is 5.91 Å². The highest BCUT2D eigenvalue weighted by Crippen LogP contribution is 2.35. The maximum Gasteiger partial charge on any atom is 0.251 e. The van der Waals surface area contributed by atoms with Gasteiger partial charge in [-0.05, 0) is 37.5 Å². The third-order valence-electron chi connectivity index (χ3n) is 5.14. The standard InChI is InChI=1S/C21H23N3O2S/c1-3-17-13(2)27-21-18(17)19(23-12-24-21)15-4-6-16(7-5-15)20(25)22-10-14-8-9-26-11-14/h4-7,12,14H,3,8-11H2,1-2H3,(H,22,25)/t14-/m1/s1. The number of rotatable bonds is 5. The lowest BCUT2D eigenvalue weighted by molar-refractivity contribution is 0.0945. The van der Waals surface area contributed by atoms with Crippen LogP contribution in [-0.2, 0) is 11.2 Å². The van der Waals surface area contributed by atoms with Crippen molar-refractivity contribution in [1.29, 1.82) is 0 Å². The van der Waals surface area contributed by atoms with Crippen LogP contribution in [0.1, 0.15) is 34.1 Å². The van der Waals surface area contributed by atoms with Crippen LogP contribution in [0.25, 0.3) is 21.5 Å². The van der Waals surface area contributed by atoms with Gasteiger partial charge < -0.3 is 10.1 Å². The molecule has 1 aliphatic heterocycles. The summed E-state index contributed by atoms with van der Waals surface area (Å²) < 4.78 is 5.35. The van der Waals surface area contributed by atoms with Gasteiger partial charge in [0.2, 0.25) is 0 Å². The Bertz CT molecular complexity index is 959. The number of aromatic nitrogens is 2. The molecule has 1 amide bonds.